The Hall–Kier alpha value is -4.36. The summed E-state index contributed by atoms with van der Waals surface area (Å²) in [6, 6.07) is 11.1. The van der Waals surface area contributed by atoms with Crippen molar-refractivity contribution in [1.82, 2.24) is 9.47 Å². The number of ether oxygens (including phenoxy) is 1. The molecule has 0 aliphatic carbocycles. The number of benzene rings is 2. The first-order chi connectivity index (χ1) is 19.9. The molecular formula is C29H30F3N5O4S. The second kappa shape index (κ2) is 12.7. The number of carbonyl (C=O) groups excluding carboxylic acids is 1. The first-order valence-corrected chi connectivity index (χ1v) is 15.0. The van der Waals surface area contributed by atoms with Crippen molar-refractivity contribution in [2.24, 2.45) is 0 Å². The van der Waals surface area contributed by atoms with Crippen molar-refractivity contribution >= 4 is 38.0 Å². The fourth-order valence-corrected chi connectivity index (χ4v) is 5.48. The van der Waals surface area contributed by atoms with Gasteiger partial charge in [-0.1, -0.05) is 12.0 Å². The van der Waals surface area contributed by atoms with E-state index in [1.54, 1.807) is 29.2 Å². The Labute approximate surface area is 242 Å². The summed E-state index contributed by atoms with van der Waals surface area (Å²) < 4.78 is 70.7. The molecule has 222 valence electrons. The molecule has 1 aromatic heterocycles. The van der Waals surface area contributed by atoms with Crippen LogP contribution in [0.15, 0.2) is 47.4 Å². The van der Waals surface area contributed by atoms with E-state index in [1.165, 1.54) is 19.2 Å². The van der Waals surface area contributed by atoms with Crippen molar-refractivity contribution < 1.29 is 31.1 Å². The summed E-state index contributed by atoms with van der Waals surface area (Å²) in [6.45, 7) is 6.57. The van der Waals surface area contributed by atoms with E-state index in [4.69, 9.17) is 11.3 Å². The number of piperidine rings is 1. The molecule has 1 fully saturated rings. The highest BCUT2D eigenvalue weighted by Gasteiger charge is 2.30. The van der Waals surface area contributed by atoms with Gasteiger partial charge in [0.15, 0.2) is 9.84 Å². The molecule has 0 unspecified atom stereocenters. The van der Waals surface area contributed by atoms with Crippen molar-refractivity contribution in [1.29, 1.82) is 0 Å². The summed E-state index contributed by atoms with van der Waals surface area (Å²) in [4.78, 5) is 16.9. The van der Waals surface area contributed by atoms with Crippen LogP contribution in [0.25, 0.3) is 15.7 Å². The van der Waals surface area contributed by atoms with Gasteiger partial charge in [0.25, 0.3) is 6.54 Å². The predicted molar refractivity (Wildman–Crippen MR) is 154 cm³/mol. The number of hydrogen-bond donors (Lipinski definition) is 2. The first kappa shape index (κ1) is 30.6. The maximum atomic E-state index is 13.6. The van der Waals surface area contributed by atoms with Gasteiger partial charge in [-0.05, 0) is 49.1 Å². The van der Waals surface area contributed by atoms with E-state index in [2.05, 4.69) is 27.3 Å². The lowest BCUT2D eigenvalue weighted by Crippen LogP contribution is -2.43. The van der Waals surface area contributed by atoms with Gasteiger partial charge in [0, 0.05) is 42.5 Å². The molecular weight excluding hydrogens is 571 g/mol. The SMILES string of the molecule is [C-]#[N+]CC(=O)N1CCC(Nc2cccc3c2cc(C#CCNc2ccc(S(C)(=O)=O)cc2OC)n3CC(F)(F)F)CC1. The highest BCUT2D eigenvalue weighted by atomic mass is 32.2. The number of likely N-dealkylation sites (tertiary alicyclic amines) is 1. The number of sulfone groups is 1. The Balaban J connectivity index is 1.55. The Morgan fingerprint density at radius 1 is 1.17 bits per heavy atom. The molecule has 1 saturated heterocycles. The van der Waals surface area contributed by atoms with Gasteiger partial charge in [-0.25, -0.2) is 15.0 Å². The lowest BCUT2D eigenvalue weighted by atomic mass is 10.0. The van der Waals surface area contributed by atoms with Crippen molar-refractivity contribution in [3.63, 3.8) is 0 Å². The van der Waals surface area contributed by atoms with E-state index in [1.807, 2.05) is 6.07 Å². The molecule has 0 radical (unpaired) electrons. The molecule has 0 saturated carbocycles. The second-order valence-corrected chi connectivity index (χ2v) is 11.9. The van der Waals surface area contributed by atoms with Crippen LogP contribution in [0.3, 0.4) is 0 Å². The lowest BCUT2D eigenvalue weighted by molar-refractivity contribution is -0.140. The largest absolute Gasteiger partial charge is 0.495 e. The fourth-order valence-electron chi connectivity index (χ4n) is 4.85. The third-order valence-electron chi connectivity index (χ3n) is 6.89. The van der Waals surface area contributed by atoms with E-state index < -0.39 is 22.6 Å². The number of amides is 1. The third-order valence-corrected chi connectivity index (χ3v) is 8.00. The van der Waals surface area contributed by atoms with Crippen LogP contribution in [0.1, 0.15) is 18.5 Å². The van der Waals surface area contributed by atoms with Gasteiger partial charge in [0.2, 0.25) is 0 Å². The number of fused-ring (bicyclic) bond motifs is 1. The summed E-state index contributed by atoms with van der Waals surface area (Å²) in [5.41, 5.74) is 1.74. The maximum absolute atomic E-state index is 13.6. The molecule has 42 heavy (non-hydrogen) atoms. The maximum Gasteiger partial charge on any atom is 0.406 e. The zero-order valence-corrected chi connectivity index (χ0v) is 23.9. The zero-order valence-electron chi connectivity index (χ0n) is 23.1. The number of carbonyl (C=O) groups is 1. The summed E-state index contributed by atoms with van der Waals surface area (Å²) in [5, 5.41) is 7.04. The quantitative estimate of drug-likeness (QED) is 0.294. The average Bonchev–Trinajstić information content (AvgIpc) is 3.27. The lowest BCUT2D eigenvalue weighted by Gasteiger charge is -2.32. The smallest absolute Gasteiger partial charge is 0.406 e. The van der Waals surface area contributed by atoms with E-state index in [9.17, 15) is 26.4 Å². The molecule has 1 amide bonds. The number of rotatable bonds is 8. The van der Waals surface area contributed by atoms with Gasteiger partial charge >= 0.3 is 12.1 Å². The van der Waals surface area contributed by atoms with E-state index in [-0.39, 0.29) is 35.6 Å². The van der Waals surface area contributed by atoms with Gasteiger partial charge < -0.3 is 29.7 Å². The molecule has 1 aliphatic rings. The highest BCUT2D eigenvalue weighted by molar-refractivity contribution is 7.90. The minimum Gasteiger partial charge on any atom is -0.495 e. The molecule has 0 spiro atoms. The molecule has 3 aromatic rings. The summed E-state index contributed by atoms with van der Waals surface area (Å²) in [5.74, 6) is 5.80. The monoisotopic (exact) mass is 601 g/mol. The highest BCUT2D eigenvalue weighted by Crippen LogP contribution is 2.32. The molecule has 1 aliphatic heterocycles. The number of nitrogens with zero attached hydrogens (tertiary/aromatic N) is 3. The number of nitrogens with one attached hydrogen (secondary N) is 2. The number of halogens is 3. The van der Waals surface area contributed by atoms with Crippen LogP contribution in [0.5, 0.6) is 5.75 Å². The van der Waals surface area contributed by atoms with Gasteiger partial charge in [-0.3, -0.25) is 4.79 Å². The molecule has 13 heteroatoms. The van der Waals surface area contributed by atoms with E-state index in [0.29, 0.717) is 54.0 Å². The summed E-state index contributed by atoms with van der Waals surface area (Å²) in [6.07, 6.45) is -2.08. The van der Waals surface area contributed by atoms with Crippen LogP contribution >= 0.6 is 0 Å². The normalized spacial score (nSPS) is 14.1. The molecule has 9 nitrogen and oxygen atoms in total. The Kier molecular flexibility index (Phi) is 9.22. The number of methoxy groups -OCH3 is 1. The average molecular weight is 602 g/mol. The molecule has 2 heterocycles. The van der Waals surface area contributed by atoms with Crippen LogP contribution in [0, 0.1) is 18.4 Å². The van der Waals surface area contributed by atoms with Crippen LogP contribution in [0.2, 0.25) is 0 Å². The number of hydrogen-bond acceptors (Lipinski definition) is 6. The van der Waals surface area contributed by atoms with Gasteiger partial charge in [-0.15, -0.1) is 0 Å². The van der Waals surface area contributed by atoms with Crippen LogP contribution in [-0.4, -0.2) is 75.6 Å². The van der Waals surface area contributed by atoms with Crippen molar-refractivity contribution in [3.05, 3.63) is 59.6 Å². The molecule has 2 N–H and O–H groups in total. The number of anilines is 2. The molecule has 0 bridgehead atoms. The Morgan fingerprint density at radius 2 is 1.90 bits per heavy atom. The Bertz CT molecular complexity index is 1680. The third kappa shape index (κ3) is 7.47. The van der Waals surface area contributed by atoms with Gasteiger partial charge in [0.05, 0.1) is 35.4 Å². The van der Waals surface area contributed by atoms with E-state index >= 15 is 0 Å². The standard InChI is InChI=1S/C29H30F3N5O4S/c1-33-18-28(38)36-14-11-20(12-15-36)35-24-7-4-8-26-23(24)16-21(37(26)19-29(30,31)32)6-5-13-34-25-10-9-22(42(3,39)40)17-27(25)41-2/h4,7-10,16-17,20,34-35H,11-15,18-19H2,2-3H3. The zero-order chi connectivity index (χ0) is 30.5. The molecule has 2 aromatic carbocycles. The van der Waals surface area contributed by atoms with Crippen molar-refractivity contribution in [2.45, 2.75) is 36.5 Å². The van der Waals surface area contributed by atoms with Crippen molar-refractivity contribution in [2.75, 3.05) is 50.2 Å². The van der Waals surface area contributed by atoms with Gasteiger partial charge in [-0.2, -0.15) is 13.2 Å². The minimum atomic E-state index is -4.47. The van der Waals surface area contributed by atoms with Crippen molar-refractivity contribution in [3.8, 4) is 17.6 Å². The van der Waals surface area contributed by atoms with Crippen LogP contribution in [0.4, 0.5) is 24.5 Å². The summed E-state index contributed by atoms with van der Waals surface area (Å²) >= 11 is 0. The topological polar surface area (TPSA) is 97.0 Å². The predicted octanol–water partition coefficient (Wildman–Crippen LogP) is 4.40. The molecule has 0 atom stereocenters. The first-order valence-electron chi connectivity index (χ1n) is 13.1. The summed E-state index contributed by atoms with van der Waals surface area (Å²) in [7, 11) is -2.03. The number of alkyl halides is 3. The van der Waals surface area contributed by atoms with Crippen LogP contribution in [-0.2, 0) is 21.2 Å². The molecule has 4 rings (SSSR count). The van der Waals surface area contributed by atoms with Crippen LogP contribution < -0.4 is 15.4 Å². The fraction of sp³-hybridized carbons (Fsp3) is 0.379. The Morgan fingerprint density at radius 3 is 2.55 bits per heavy atom. The number of aromatic nitrogens is 1. The second-order valence-electron chi connectivity index (χ2n) is 9.87. The van der Waals surface area contributed by atoms with Gasteiger partial charge in [0.1, 0.15) is 12.3 Å². The minimum absolute atomic E-state index is 0.0151. The van der Waals surface area contributed by atoms with E-state index in [0.717, 1.165) is 10.8 Å².